The molecule has 1 atom stereocenters. The highest BCUT2D eigenvalue weighted by atomic mass is 32.2. The highest BCUT2D eigenvalue weighted by Crippen LogP contribution is 2.26. The third-order valence-corrected chi connectivity index (χ3v) is 3.84. The second kappa shape index (κ2) is 5.61. The lowest BCUT2D eigenvalue weighted by Crippen LogP contribution is -2.12. The summed E-state index contributed by atoms with van der Waals surface area (Å²) in [6.07, 6.45) is 0. The molecule has 1 aliphatic heterocycles. The van der Waals surface area contributed by atoms with E-state index in [0.717, 1.165) is 10.9 Å². The van der Waals surface area contributed by atoms with Crippen LogP contribution in [-0.4, -0.2) is 24.1 Å². The number of amidine groups is 1. The van der Waals surface area contributed by atoms with Crippen molar-refractivity contribution in [1.29, 1.82) is 0 Å². The highest BCUT2D eigenvalue weighted by molar-refractivity contribution is 8.14. The lowest BCUT2D eigenvalue weighted by molar-refractivity contribution is 0.387. The molecule has 0 amide bonds. The first-order valence-corrected chi connectivity index (χ1v) is 6.90. The number of aliphatic imine (C=N–C) groups is 1. The van der Waals surface area contributed by atoms with Gasteiger partial charge in [0.25, 0.3) is 0 Å². The van der Waals surface area contributed by atoms with Gasteiger partial charge >= 0.3 is 0 Å². The summed E-state index contributed by atoms with van der Waals surface area (Å²) in [7, 11) is 1.45. The molecule has 1 aromatic rings. The molecular weight excluding hydrogens is 251 g/mol. The second-order valence-corrected chi connectivity index (χ2v) is 5.54. The normalized spacial score (nSPS) is 18.9. The zero-order valence-corrected chi connectivity index (χ0v) is 11.6. The Morgan fingerprint density at radius 3 is 2.83 bits per heavy atom. The van der Waals surface area contributed by atoms with E-state index in [-0.39, 0.29) is 11.6 Å². The molecule has 1 heterocycles. The first kappa shape index (κ1) is 13.2. The number of methoxy groups -OCH3 is 1. The van der Waals surface area contributed by atoms with Gasteiger partial charge in [0.1, 0.15) is 0 Å². The topological polar surface area (TPSA) is 33.6 Å². The molecule has 0 aromatic heterocycles. The fraction of sp³-hybridized carbons (Fsp3) is 0.462. The summed E-state index contributed by atoms with van der Waals surface area (Å²) in [6, 6.07) is 5.16. The molecule has 98 valence electrons. The van der Waals surface area contributed by atoms with Gasteiger partial charge in [-0.3, -0.25) is 4.99 Å². The van der Waals surface area contributed by atoms with Crippen molar-refractivity contribution >= 4 is 22.6 Å². The van der Waals surface area contributed by atoms with Gasteiger partial charge in [-0.05, 0) is 18.1 Å². The van der Waals surface area contributed by atoms with E-state index < -0.39 is 0 Å². The maximum absolute atomic E-state index is 13.5. The zero-order valence-electron chi connectivity index (χ0n) is 10.7. The van der Waals surface area contributed by atoms with Crippen molar-refractivity contribution in [2.45, 2.75) is 19.9 Å². The standard InChI is InChI=1S/C13H17FN2OS/c1-8(2)11-7-18-13(16-11)15-9-4-5-12(17-3)10(14)6-9/h4-6,8,11H,7H2,1-3H3,(H,15,16)/t11-/m1/s1. The average Bonchev–Trinajstić information content (AvgIpc) is 2.78. The average molecular weight is 268 g/mol. The van der Waals surface area contributed by atoms with Crippen LogP contribution in [0.1, 0.15) is 13.8 Å². The van der Waals surface area contributed by atoms with Crippen molar-refractivity contribution in [2.24, 2.45) is 10.9 Å². The van der Waals surface area contributed by atoms with Gasteiger partial charge < -0.3 is 10.1 Å². The van der Waals surface area contributed by atoms with Crippen LogP contribution in [0.3, 0.4) is 0 Å². The van der Waals surface area contributed by atoms with E-state index in [1.165, 1.54) is 13.2 Å². The summed E-state index contributed by atoms with van der Waals surface area (Å²) in [5.41, 5.74) is 0.698. The molecule has 2 rings (SSSR count). The van der Waals surface area contributed by atoms with Gasteiger partial charge in [-0.1, -0.05) is 25.6 Å². The largest absolute Gasteiger partial charge is 0.494 e. The molecule has 0 bridgehead atoms. The van der Waals surface area contributed by atoms with Crippen molar-refractivity contribution < 1.29 is 9.13 Å². The fourth-order valence-electron chi connectivity index (χ4n) is 1.67. The molecule has 1 aromatic carbocycles. The Morgan fingerprint density at radius 1 is 1.50 bits per heavy atom. The van der Waals surface area contributed by atoms with E-state index in [2.05, 4.69) is 24.2 Å². The Morgan fingerprint density at radius 2 is 2.28 bits per heavy atom. The summed E-state index contributed by atoms with van der Waals surface area (Å²) in [6.45, 7) is 4.31. The third-order valence-electron chi connectivity index (χ3n) is 2.85. The van der Waals surface area contributed by atoms with Crippen LogP contribution in [0.15, 0.2) is 23.2 Å². The lowest BCUT2D eigenvalue weighted by atomic mass is 10.1. The number of benzene rings is 1. The van der Waals surface area contributed by atoms with Gasteiger partial charge in [-0.2, -0.15) is 0 Å². The number of nitrogens with zero attached hydrogens (tertiary/aromatic N) is 1. The lowest BCUT2D eigenvalue weighted by Gasteiger charge is -2.08. The summed E-state index contributed by atoms with van der Waals surface area (Å²) in [5.74, 6) is 1.40. The van der Waals surface area contributed by atoms with Crippen LogP contribution in [0.4, 0.5) is 10.1 Å². The third kappa shape index (κ3) is 2.96. The van der Waals surface area contributed by atoms with Crippen LogP contribution in [0.2, 0.25) is 0 Å². The van der Waals surface area contributed by atoms with Gasteiger partial charge in [-0.15, -0.1) is 0 Å². The minimum atomic E-state index is -0.369. The molecule has 0 radical (unpaired) electrons. The fourth-order valence-corrected chi connectivity index (χ4v) is 2.85. The molecule has 0 unspecified atom stereocenters. The minimum absolute atomic E-state index is 0.252. The first-order chi connectivity index (χ1) is 8.60. The Hall–Kier alpha value is -1.23. The van der Waals surface area contributed by atoms with Gasteiger partial charge in [-0.25, -0.2) is 4.39 Å². The molecule has 3 nitrogen and oxygen atoms in total. The van der Waals surface area contributed by atoms with Gasteiger partial charge in [0, 0.05) is 17.5 Å². The molecule has 18 heavy (non-hydrogen) atoms. The summed E-state index contributed by atoms with van der Waals surface area (Å²) in [5, 5.41) is 3.99. The van der Waals surface area contributed by atoms with E-state index in [0.29, 0.717) is 17.6 Å². The van der Waals surface area contributed by atoms with Crippen LogP contribution >= 0.6 is 11.8 Å². The Kier molecular flexibility index (Phi) is 4.11. The van der Waals surface area contributed by atoms with E-state index in [1.54, 1.807) is 23.9 Å². The van der Waals surface area contributed by atoms with Crippen LogP contribution in [0.5, 0.6) is 5.75 Å². The number of nitrogens with one attached hydrogen (secondary N) is 1. The molecule has 0 saturated heterocycles. The van der Waals surface area contributed by atoms with Gasteiger partial charge in [0.2, 0.25) is 0 Å². The number of hydrogen-bond donors (Lipinski definition) is 1. The summed E-state index contributed by atoms with van der Waals surface area (Å²) in [4.78, 5) is 4.57. The van der Waals surface area contributed by atoms with Gasteiger partial charge in [0.05, 0.1) is 13.2 Å². The quantitative estimate of drug-likeness (QED) is 0.912. The first-order valence-electron chi connectivity index (χ1n) is 5.91. The van der Waals surface area contributed by atoms with E-state index >= 15 is 0 Å². The maximum atomic E-state index is 13.5. The number of anilines is 1. The van der Waals surface area contributed by atoms with Crippen LogP contribution in [0, 0.1) is 11.7 Å². The monoisotopic (exact) mass is 268 g/mol. The van der Waals surface area contributed by atoms with Gasteiger partial charge in [0.15, 0.2) is 16.7 Å². The summed E-state index contributed by atoms with van der Waals surface area (Å²) < 4.78 is 18.4. The van der Waals surface area contributed by atoms with Crippen molar-refractivity contribution in [1.82, 2.24) is 0 Å². The van der Waals surface area contributed by atoms with Crippen molar-refractivity contribution in [2.75, 3.05) is 18.2 Å². The summed E-state index contributed by atoms with van der Waals surface area (Å²) >= 11 is 1.67. The Bertz CT molecular complexity index is 462. The zero-order chi connectivity index (χ0) is 13.1. The number of ether oxygens (including phenoxy) is 1. The molecule has 0 saturated carbocycles. The molecule has 1 N–H and O–H groups in total. The number of hydrogen-bond acceptors (Lipinski definition) is 4. The van der Waals surface area contributed by atoms with E-state index in [4.69, 9.17) is 4.74 Å². The second-order valence-electron chi connectivity index (χ2n) is 4.53. The van der Waals surface area contributed by atoms with Crippen molar-refractivity contribution in [3.05, 3.63) is 24.0 Å². The highest BCUT2D eigenvalue weighted by Gasteiger charge is 2.21. The predicted octanol–water partition coefficient (Wildman–Crippen LogP) is 3.37. The Balaban J connectivity index is 2.06. The molecule has 0 fully saturated rings. The van der Waals surface area contributed by atoms with E-state index in [9.17, 15) is 4.39 Å². The molecule has 5 heteroatoms. The molecule has 0 aliphatic carbocycles. The smallest absolute Gasteiger partial charge is 0.167 e. The molecular formula is C13H17FN2OS. The maximum Gasteiger partial charge on any atom is 0.167 e. The SMILES string of the molecule is COc1ccc(NC2=N[C@@H](C(C)C)CS2)cc1F. The number of thioether (sulfide) groups is 1. The number of rotatable bonds is 3. The van der Waals surface area contributed by atoms with Crippen LogP contribution in [0.25, 0.3) is 0 Å². The van der Waals surface area contributed by atoms with Crippen LogP contribution < -0.4 is 10.1 Å². The number of halogens is 1. The molecule has 1 aliphatic rings. The minimum Gasteiger partial charge on any atom is -0.494 e. The van der Waals surface area contributed by atoms with Crippen LogP contribution in [-0.2, 0) is 0 Å². The molecule has 0 spiro atoms. The van der Waals surface area contributed by atoms with E-state index in [1.807, 2.05) is 0 Å². The Labute approximate surface area is 111 Å². The van der Waals surface area contributed by atoms with Crippen molar-refractivity contribution in [3.63, 3.8) is 0 Å². The predicted molar refractivity (Wildman–Crippen MR) is 75.1 cm³/mol. The van der Waals surface area contributed by atoms with Crippen molar-refractivity contribution in [3.8, 4) is 5.75 Å².